The van der Waals surface area contributed by atoms with Crippen LogP contribution >= 0.6 is 0 Å². The fourth-order valence-corrected chi connectivity index (χ4v) is 1.80. The van der Waals surface area contributed by atoms with Gasteiger partial charge in [0.25, 0.3) is 5.09 Å². The number of hydroxylamine groups is 2. The number of rotatable bonds is 3. The lowest BCUT2D eigenvalue weighted by atomic mass is 9.87. The highest BCUT2D eigenvalue weighted by Crippen LogP contribution is 2.27. The van der Waals surface area contributed by atoms with Crippen LogP contribution in [0.2, 0.25) is 0 Å². The Hall–Kier alpha value is -1.37. The molecule has 1 rings (SSSR count). The van der Waals surface area contributed by atoms with Gasteiger partial charge in [0, 0.05) is 13.0 Å². The number of hydrogen-bond acceptors (Lipinski definition) is 5. The first-order valence-electron chi connectivity index (χ1n) is 4.78. The largest absolute Gasteiger partial charge is 0.311 e. The van der Waals surface area contributed by atoms with E-state index in [4.69, 9.17) is 5.21 Å². The average Bonchev–Trinajstić information content (AvgIpc) is 2.17. The summed E-state index contributed by atoms with van der Waals surface area (Å²) >= 11 is 0. The zero-order chi connectivity index (χ0) is 11.4. The zero-order valence-electron chi connectivity index (χ0n) is 8.46. The summed E-state index contributed by atoms with van der Waals surface area (Å²) < 4.78 is 0. The molecule has 1 amide bonds. The van der Waals surface area contributed by atoms with Gasteiger partial charge in [-0.15, -0.1) is 10.1 Å². The summed E-state index contributed by atoms with van der Waals surface area (Å²) in [7, 11) is 1.28. The van der Waals surface area contributed by atoms with Crippen molar-refractivity contribution in [3.05, 3.63) is 10.1 Å². The normalized spacial score (nSPS) is 25.7. The minimum atomic E-state index is -0.801. The Bertz CT molecular complexity index is 247. The summed E-state index contributed by atoms with van der Waals surface area (Å²) in [5, 5.41) is 18.8. The molecule has 15 heavy (non-hydrogen) atoms. The van der Waals surface area contributed by atoms with Gasteiger partial charge in [-0.2, -0.15) is 0 Å². The van der Waals surface area contributed by atoms with E-state index < -0.39 is 11.2 Å². The van der Waals surface area contributed by atoms with Gasteiger partial charge in [-0.25, -0.2) is 5.06 Å². The van der Waals surface area contributed by atoms with Crippen LogP contribution in [0.5, 0.6) is 0 Å². The van der Waals surface area contributed by atoms with Crippen LogP contribution in [0.3, 0.4) is 0 Å². The molecule has 7 heteroatoms. The monoisotopic (exact) mass is 218 g/mol. The molecule has 1 aliphatic rings. The number of hydrogen-bond donors (Lipinski definition) is 1. The van der Waals surface area contributed by atoms with E-state index in [-0.39, 0.29) is 11.8 Å². The van der Waals surface area contributed by atoms with Gasteiger partial charge in [0.1, 0.15) is 6.10 Å². The Balaban J connectivity index is 2.35. The lowest BCUT2D eigenvalue weighted by Crippen LogP contribution is -2.34. The summed E-state index contributed by atoms with van der Waals surface area (Å²) in [6.07, 6.45) is 1.58. The maximum Gasteiger partial charge on any atom is 0.294 e. The first-order chi connectivity index (χ1) is 7.00. The standard InChI is InChI=1S/C8H14N2O5/c1-9(12)8(11)6-2-4-7(5-3-6)15-10(13)14/h6-7,12H,2-5H2,1H3. The first kappa shape index (κ1) is 11.7. The van der Waals surface area contributed by atoms with Crippen molar-refractivity contribution >= 4 is 5.91 Å². The van der Waals surface area contributed by atoms with Gasteiger partial charge in [-0.3, -0.25) is 10.0 Å². The number of carbonyl (C=O) groups excluding carboxylic acids is 1. The number of nitrogens with zero attached hydrogens (tertiary/aromatic N) is 2. The Morgan fingerprint density at radius 2 is 2.00 bits per heavy atom. The van der Waals surface area contributed by atoms with Crippen LogP contribution in [0.25, 0.3) is 0 Å². The smallest absolute Gasteiger partial charge is 0.294 e. The lowest BCUT2D eigenvalue weighted by Gasteiger charge is -2.27. The molecule has 0 bridgehead atoms. The molecule has 0 atom stereocenters. The summed E-state index contributed by atoms with van der Waals surface area (Å²) in [5.74, 6) is -0.582. The number of carbonyl (C=O) groups is 1. The van der Waals surface area contributed by atoms with Crippen molar-refractivity contribution in [2.24, 2.45) is 5.92 Å². The van der Waals surface area contributed by atoms with E-state index in [2.05, 4.69) is 4.84 Å². The third-order valence-electron chi connectivity index (χ3n) is 2.58. The highest BCUT2D eigenvalue weighted by Gasteiger charge is 2.29. The van der Waals surface area contributed by atoms with Crippen LogP contribution in [0.4, 0.5) is 0 Å². The van der Waals surface area contributed by atoms with Crippen LogP contribution in [0.15, 0.2) is 0 Å². The highest BCUT2D eigenvalue weighted by molar-refractivity contribution is 5.77. The molecule has 1 fully saturated rings. The minimum Gasteiger partial charge on any atom is -0.311 e. The summed E-state index contributed by atoms with van der Waals surface area (Å²) in [4.78, 5) is 25.8. The molecule has 0 spiro atoms. The fourth-order valence-electron chi connectivity index (χ4n) is 1.80. The molecule has 0 aromatic heterocycles. The van der Waals surface area contributed by atoms with E-state index in [0.29, 0.717) is 30.7 Å². The molecule has 0 unspecified atom stereocenters. The lowest BCUT2D eigenvalue weighted by molar-refractivity contribution is -0.769. The Morgan fingerprint density at radius 1 is 1.47 bits per heavy atom. The first-order valence-corrected chi connectivity index (χ1v) is 4.78. The fraction of sp³-hybridized carbons (Fsp3) is 0.875. The van der Waals surface area contributed by atoms with Crippen LogP contribution in [-0.4, -0.2) is 34.4 Å². The Morgan fingerprint density at radius 3 is 2.40 bits per heavy atom. The van der Waals surface area contributed by atoms with E-state index in [1.165, 1.54) is 7.05 Å². The second-order valence-electron chi connectivity index (χ2n) is 3.66. The molecule has 1 aliphatic carbocycles. The summed E-state index contributed by atoms with van der Waals surface area (Å²) in [6, 6.07) is 0. The van der Waals surface area contributed by atoms with E-state index in [1.807, 2.05) is 0 Å². The van der Waals surface area contributed by atoms with Gasteiger partial charge in [-0.1, -0.05) is 0 Å². The molecule has 0 aromatic rings. The number of amides is 1. The van der Waals surface area contributed by atoms with Crippen molar-refractivity contribution in [1.29, 1.82) is 0 Å². The Labute approximate surface area is 86.7 Å². The molecule has 0 aromatic carbocycles. The van der Waals surface area contributed by atoms with Crippen molar-refractivity contribution in [2.45, 2.75) is 31.8 Å². The molecule has 0 aliphatic heterocycles. The van der Waals surface area contributed by atoms with Gasteiger partial charge in [-0.05, 0) is 25.7 Å². The van der Waals surface area contributed by atoms with Gasteiger partial charge in [0.2, 0.25) is 5.91 Å². The predicted molar refractivity (Wildman–Crippen MR) is 48.4 cm³/mol. The molecule has 1 N–H and O–H groups in total. The van der Waals surface area contributed by atoms with E-state index >= 15 is 0 Å². The van der Waals surface area contributed by atoms with Gasteiger partial charge in [0.15, 0.2) is 0 Å². The van der Waals surface area contributed by atoms with Gasteiger partial charge in [0.05, 0.1) is 0 Å². The predicted octanol–water partition coefficient (Wildman–Crippen LogP) is 0.601. The summed E-state index contributed by atoms with van der Waals surface area (Å²) in [5.41, 5.74) is 0. The quantitative estimate of drug-likeness (QED) is 0.425. The molecule has 0 radical (unpaired) electrons. The maximum atomic E-state index is 11.3. The highest BCUT2D eigenvalue weighted by atomic mass is 17.0. The minimum absolute atomic E-state index is 0.244. The van der Waals surface area contributed by atoms with E-state index in [1.54, 1.807) is 0 Å². The van der Waals surface area contributed by atoms with Crippen LogP contribution < -0.4 is 0 Å². The SMILES string of the molecule is CN(O)C(=O)C1CCC(O[N+](=O)[O-])CC1. The third-order valence-corrected chi connectivity index (χ3v) is 2.58. The van der Waals surface area contributed by atoms with Crippen molar-refractivity contribution < 1.29 is 19.9 Å². The van der Waals surface area contributed by atoms with Crippen molar-refractivity contribution in [3.8, 4) is 0 Å². The maximum absolute atomic E-state index is 11.3. The van der Waals surface area contributed by atoms with Crippen molar-refractivity contribution in [1.82, 2.24) is 5.06 Å². The Kier molecular flexibility index (Phi) is 3.84. The molecular weight excluding hydrogens is 204 g/mol. The van der Waals surface area contributed by atoms with Crippen molar-refractivity contribution in [2.75, 3.05) is 7.05 Å². The molecule has 86 valence electrons. The van der Waals surface area contributed by atoms with E-state index in [9.17, 15) is 14.9 Å². The summed E-state index contributed by atoms with van der Waals surface area (Å²) in [6.45, 7) is 0. The molecule has 1 saturated carbocycles. The van der Waals surface area contributed by atoms with Gasteiger partial charge < -0.3 is 4.84 Å². The molecular formula is C8H14N2O5. The molecule has 7 nitrogen and oxygen atoms in total. The van der Waals surface area contributed by atoms with Crippen molar-refractivity contribution in [3.63, 3.8) is 0 Å². The molecule has 0 heterocycles. The van der Waals surface area contributed by atoms with Gasteiger partial charge >= 0.3 is 0 Å². The topological polar surface area (TPSA) is 92.9 Å². The van der Waals surface area contributed by atoms with Crippen LogP contribution in [-0.2, 0) is 9.63 Å². The third kappa shape index (κ3) is 3.35. The molecule has 0 saturated heterocycles. The average molecular weight is 218 g/mol. The van der Waals surface area contributed by atoms with E-state index in [0.717, 1.165) is 0 Å². The zero-order valence-corrected chi connectivity index (χ0v) is 8.46. The second kappa shape index (κ2) is 4.92. The van der Waals surface area contributed by atoms with Crippen LogP contribution in [0.1, 0.15) is 25.7 Å². The second-order valence-corrected chi connectivity index (χ2v) is 3.66. The van der Waals surface area contributed by atoms with Crippen LogP contribution in [0, 0.1) is 16.0 Å².